The highest BCUT2D eigenvalue weighted by Crippen LogP contribution is 2.31. The number of hydrogen-bond donors (Lipinski definition) is 0. The number of benzene rings is 1. The molecule has 1 aliphatic carbocycles. The van der Waals surface area contributed by atoms with Crippen LogP contribution in [0.25, 0.3) is 0 Å². The molecule has 1 saturated carbocycles. The lowest BCUT2D eigenvalue weighted by Crippen LogP contribution is -2.35. The van der Waals surface area contributed by atoms with Crippen molar-refractivity contribution in [3.63, 3.8) is 0 Å². The van der Waals surface area contributed by atoms with Crippen LogP contribution in [0.15, 0.2) is 22.7 Å². The van der Waals surface area contributed by atoms with E-state index >= 15 is 0 Å². The maximum atomic E-state index is 13.8. The Kier molecular flexibility index (Phi) is 4.23. The molecule has 0 N–H and O–H groups in total. The van der Waals surface area contributed by atoms with Crippen LogP contribution in [-0.2, 0) is 0 Å². The molecule has 1 fully saturated rings. The molecule has 2 rings (SSSR count). The minimum atomic E-state index is -0.192. The molecule has 0 unspecified atom stereocenters. The van der Waals surface area contributed by atoms with E-state index in [0.717, 1.165) is 30.2 Å². The van der Waals surface area contributed by atoms with Crippen LogP contribution in [0.3, 0.4) is 0 Å². The van der Waals surface area contributed by atoms with Crippen molar-refractivity contribution in [2.24, 2.45) is 5.92 Å². The zero-order valence-electron chi connectivity index (χ0n) is 10.4. The minimum Gasteiger partial charge on any atom is -0.369 e. The van der Waals surface area contributed by atoms with Crippen molar-refractivity contribution in [1.82, 2.24) is 0 Å². The molecular formula is C14H16BrFN2. The van der Waals surface area contributed by atoms with Gasteiger partial charge in [-0.15, -0.1) is 0 Å². The maximum absolute atomic E-state index is 13.8. The van der Waals surface area contributed by atoms with E-state index in [9.17, 15) is 4.39 Å². The third-order valence-corrected chi connectivity index (χ3v) is 4.21. The van der Waals surface area contributed by atoms with Crippen LogP contribution in [0.2, 0.25) is 0 Å². The van der Waals surface area contributed by atoms with Gasteiger partial charge >= 0.3 is 0 Å². The standard InChI is InChI=1S/C14H16BrFN2/c1-18(12-5-2-10(9-17)3-6-12)14-8-11(15)4-7-13(14)16/h4,7-8,10,12H,2-3,5-6H2,1H3. The molecular weight excluding hydrogens is 295 g/mol. The summed E-state index contributed by atoms with van der Waals surface area (Å²) in [7, 11) is 1.93. The van der Waals surface area contributed by atoms with Crippen molar-refractivity contribution in [3.8, 4) is 6.07 Å². The number of nitrogens with zero attached hydrogens (tertiary/aromatic N) is 2. The van der Waals surface area contributed by atoms with Crippen LogP contribution in [-0.4, -0.2) is 13.1 Å². The van der Waals surface area contributed by atoms with Gasteiger partial charge in [-0.05, 0) is 43.9 Å². The Morgan fingerprint density at radius 2 is 2.00 bits per heavy atom. The van der Waals surface area contributed by atoms with E-state index in [-0.39, 0.29) is 11.7 Å². The lowest BCUT2D eigenvalue weighted by molar-refractivity contribution is 0.370. The first kappa shape index (κ1) is 13.4. The van der Waals surface area contributed by atoms with E-state index in [0.29, 0.717) is 11.7 Å². The summed E-state index contributed by atoms with van der Waals surface area (Å²) < 4.78 is 14.7. The number of hydrogen-bond acceptors (Lipinski definition) is 2. The minimum absolute atomic E-state index is 0.182. The number of nitriles is 1. The first-order valence-corrected chi connectivity index (χ1v) is 6.98. The molecule has 4 heteroatoms. The molecule has 0 bridgehead atoms. The summed E-state index contributed by atoms with van der Waals surface area (Å²) in [5, 5.41) is 8.88. The van der Waals surface area contributed by atoms with E-state index in [1.807, 2.05) is 18.0 Å². The summed E-state index contributed by atoms with van der Waals surface area (Å²) in [4.78, 5) is 2.01. The molecule has 1 aliphatic rings. The van der Waals surface area contributed by atoms with Crippen LogP contribution in [0.1, 0.15) is 25.7 Å². The van der Waals surface area contributed by atoms with Gasteiger partial charge in [0.25, 0.3) is 0 Å². The predicted molar refractivity (Wildman–Crippen MR) is 73.9 cm³/mol. The fraction of sp³-hybridized carbons (Fsp3) is 0.500. The summed E-state index contributed by atoms with van der Waals surface area (Å²) in [5.41, 5.74) is 0.629. The molecule has 0 spiro atoms. The van der Waals surface area contributed by atoms with Crippen LogP contribution in [0.4, 0.5) is 10.1 Å². The predicted octanol–water partition coefficient (Wildman–Crippen LogP) is 4.11. The largest absolute Gasteiger partial charge is 0.369 e. The number of halogens is 2. The van der Waals surface area contributed by atoms with Gasteiger partial charge < -0.3 is 4.90 Å². The topological polar surface area (TPSA) is 27.0 Å². The fourth-order valence-corrected chi connectivity index (χ4v) is 2.89. The molecule has 0 heterocycles. The highest BCUT2D eigenvalue weighted by molar-refractivity contribution is 9.10. The lowest BCUT2D eigenvalue weighted by atomic mass is 9.86. The molecule has 1 aromatic rings. The second kappa shape index (κ2) is 5.71. The zero-order chi connectivity index (χ0) is 13.1. The zero-order valence-corrected chi connectivity index (χ0v) is 12.0. The highest BCUT2D eigenvalue weighted by atomic mass is 79.9. The van der Waals surface area contributed by atoms with E-state index in [1.54, 1.807) is 6.07 Å². The normalized spacial score (nSPS) is 23.4. The van der Waals surface area contributed by atoms with Gasteiger partial charge in [0.2, 0.25) is 0 Å². The molecule has 0 radical (unpaired) electrons. The second-order valence-corrected chi connectivity index (χ2v) is 5.76. The van der Waals surface area contributed by atoms with Gasteiger partial charge in [-0.25, -0.2) is 4.39 Å². The van der Waals surface area contributed by atoms with E-state index in [1.165, 1.54) is 6.07 Å². The average Bonchev–Trinajstić information content (AvgIpc) is 2.41. The number of rotatable bonds is 2. The van der Waals surface area contributed by atoms with Gasteiger partial charge in [0.1, 0.15) is 5.82 Å². The molecule has 0 amide bonds. The summed E-state index contributed by atoms with van der Waals surface area (Å²) in [5.74, 6) is -0.00915. The monoisotopic (exact) mass is 310 g/mol. The van der Waals surface area contributed by atoms with Crippen molar-refractivity contribution < 1.29 is 4.39 Å². The van der Waals surface area contributed by atoms with Gasteiger partial charge in [0, 0.05) is 23.5 Å². The summed E-state index contributed by atoms with van der Waals surface area (Å²) in [6.45, 7) is 0. The van der Waals surface area contributed by atoms with Gasteiger partial charge in [-0.2, -0.15) is 5.26 Å². The van der Waals surface area contributed by atoms with Crippen LogP contribution in [0.5, 0.6) is 0 Å². The Morgan fingerprint density at radius 3 is 2.61 bits per heavy atom. The quantitative estimate of drug-likeness (QED) is 0.822. The van der Waals surface area contributed by atoms with Crippen LogP contribution < -0.4 is 4.90 Å². The fourth-order valence-electron chi connectivity index (χ4n) is 2.55. The SMILES string of the molecule is CN(c1cc(Br)ccc1F)C1CCC(C#N)CC1. The van der Waals surface area contributed by atoms with Crippen molar-refractivity contribution in [1.29, 1.82) is 5.26 Å². The Morgan fingerprint density at radius 1 is 1.33 bits per heavy atom. The van der Waals surface area contributed by atoms with Crippen molar-refractivity contribution in [3.05, 3.63) is 28.5 Å². The van der Waals surface area contributed by atoms with E-state index in [4.69, 9.17) is 5.26 Å². The maximum Gasteiger partial charge on any atom is 0.146 e. The Balaban J connectivity index is 2.10. The van der Waals surface area contributed by atoms with Crippen LogP contribution >= 0.6 is 15.9 Å². The van der Waals surface area contributed by atoms with Crippen molar-refractivity contribution in [2.45, 2.75) is 31.7 Å². The first-order valence-electron chi connectivity index (χ1n) is 6.19. The Hall–Kier alpha value is -1.08. The molecule has 0 saturated heterocycles. The summed E-state index contributed by atoms with van der Waals surface area (Å²) in [6.07, 6.45) is 3.75. The van der Waals surface area contributed by atoms with Crippen molar-refractivity contribution >= 4 is 21.6 Å². The van der Waals surface area contributed by atoms with Crippen molar-refractivity contribution in [2.75, 3.05) is 11.9 Å². The summed E-state index contributed by atoms with van der Waals surface area (Å²) in [6, 6.07) is 7.66. The Labute approximate surface area is 116 Å². The molecule has 2 nitrogen and oxygen atoms in total. The first-order chi connectivity index (χ1) is 8.61. The average molecular weight is 311 g/mol. The van der Waals surface area contributed by atoms with E-state index in [2.05, 4.69) is 22.0 Å². The second-order valence-electron chi connectivity index (χ2n) is 4.84. The third kappa shape index (κ3) is 2.84. The Bertz CT molecular complexity index is 461. The third-order valence-electron chi connectivity index (χ3n) is 3.72. The van der Waals surface area contributed by atoms with Gasteiger partial charge in [0.05, 0.1) is 11.8 Å². The molecule has 0 aromatic heterocycles. The van der Waals surface area contributed by atoms with Gasteiger partial charge in [0.15, 0.2) is 0 Å². The molecule has 96 valence electrons. The molecule has 0 atom stereocenters. The van der Waals surface area contributed by atoms with E-state index < -0.39 is 0 Å². The number of anilines is 1. The molecule has 18 heavy (non-hydrogen) atoms. The smallest absolute Gasteiger partial charge is 0.146 e. The lowest BCUT2D eigenvalue weighted by Gasteiger charge is -2.34. The van der Waals surface area contributed by atoms with Gasteiger partial charge in [-0.3, -0.25) is 0 Å². The van der Waals surface area contributed by atoms with Gasteiger partial charge in [-0.1, -0.05) is 15.9 Å². The highest BCUT2D eigenvalue weighted by Gasteiger charge is 2.25. The summed E-state index contributed by atoms with van der Waals surface area (Å²) >= 11 is 3.37. The van der Waals surface area contributed by atoms with Crippen LogP contribution in [0, 0.1) is 23.1 Å². The molecule has 0 aliphatic heterocycles. The molecule has 1 aromatic carbocycles.